The molecule has 1 aromatic heterocycles. The molecular weight excluding hydrogens is 228 g/mol. The van der Waals surface area contributed by atoms with Gasteiger partial charge in [0.15, 0.2) is 6.79 Å². The molecule has 0 N–H and O–H groups in total. The first-order chi connectivity index (χ1) is 7.95. The van der Waals surface area contributed by atoms with E-state index in [1.165, 1.54) is 25.4 Å². The Bertz CT molecular complexity index is 339. The standard InChI is InChI=1S/C12H17F2NO2/c1-9(2)6-12(13,14)11-5-4-10(7-15-11)17-8-16-3/h4-5,7,9H,6,8H2,1-3H3. The average molecular weight is 245 g/mol. The number of rotatable bonds is 6. The highest BCUT2D eigenvalue weighted by atomic mass is 19.3. The number of pyridine rings is 1. The molecule has 0 atom stereocenters. The van der Waals surface area contributed by atoms with Crippen LogP contribution < -0.4 is 4.74 Å². The largest absolute Gasteiger partial charge is 0.466 e. The van der Waals surface area contributed by atoms with Gasteiger partial charge in [-0.1, -0.05) is 13.8 Å². The van der Waals surface area contributed by atoms with Crippen molar-refractivity contribution in [3.8, 4) is 5.75 Å². The normalized spacial score (nSPS) is 11.9. The molecule has 0 saturated heterocycles. The predicted octanol–water partition coefficient (Wildman–Crippen LogP) is 3.20. The number of hydrogen-bond acceptors (Lipinski definition) is 3. The van der Waals surface area contributed by atoms with E-state index in [4.69, 9.17) is 9.47 Å². The van der Waals surface area contributed by atoms with Crippen LogP contribution in [-0.2, 0) is 10.7 Å². The van der Waals surface area contributed by atoms with Gasteiger partial charge >= 0.3 is 0 Å². The first kappa shape index (κ1) is 13.8. The fraction of sp³-hybridized carbons (Fsp3) is 0.583. The lowest BCUT2D eigenvalue weighted by atomic mass is 10.0. The molecule has 1 aromatic rings. The molecule has 96 valence electrons. The van der Waals surface area contributed by atoms with Gasteiger partial charge in [0, 0.05) is 13.5 Å². The van der Waals surface area contributed by atoms with Crippen molar-refractivity contribution in [3.05, 3.63) is 24.0 Å². The van der Waals surface area contributed by atoms with Crippen molar-refractivity contribution in [2.45, 2.75) is 26.2 Å². The van der Waals surface area contributed by atoms with E-state index in [0.29, 0.717) is 5.75 Å². The number of halogens is 2. The van der Waals surface area contributed by atoms with Crippen LogP contribution in [0, 0.1) is 5.92 Å². The Morgan fingerprint density at radius 1 is 1.35 bits per heavy atom. The van der Waals surface area contributed by atoms with E-state index in [1.807, 2.05) is 0 Å². The molecule has 0 fully saturated rings. The van der Waals surface area contributed by atoms with Crippen LogP contribution in [0.3, 0.4) is 0 Å². The van der Waals surface area contributed by atoms with Crippen LogP contribution in [0.15, 0.2) is 18.3 Å². The number of nitrogens with zero attached hydrogens (tertiary/aromatic N) is 1. The predicted molar refractivity (Wildman–Crippen MR) is 60.1 cm³/mol. The highest BCUT2D eigenvalue weighted by Gasteiger charge is 2.33. The summed E-state index contributed by atoms with van der Waals surface area (Å²) < 4.78 is 37.1. The summed E-state index contributed by atoms with van der Waals surface area (Å²) in [6.07, 6.45) is 1.07. The lowest BCUT2D eigenvalue weighted by Crippen LogP contribution is -2.17. The Morgan fingerprint density at radius 2 is 2.06 bits per heavy atom. The highest BCUT2D eigenvalue weighted by molar-refractivity contribution is 5.22. The Labute approximate surface area is 99.8 Å². The minimum atomic E-state index is -2.89. The maximum absolute atomic E-state index is 13.7. The van der Waals surface area contributed by atoms with Gasteiger partial charge in [-0.15, -0.1) is 0 Å². The molecule has 0 unspecified atom stereocenters. The van der Waals surface area contributed by atoms with E-state index in [2.05, 4.69) is 4.98 Å². The molecule has 1 rings (SSSR count). The second-order valence-corrected chi connectivity index (χ2v) is 4.23. The van der Waals surface area contributed by atoms with Gasteiger partial charge in [0.25, 0.3) is 5.92 Å². The van der Waals surface area contributed by atoms with Crippen molar-refractivity contribution in [1.82, 2.24) is 4.98 Å². The van der Waals surface area contributed by atoms with Crippen molar-refractivity contribution in [2.24, 2.45) is 5.92 Å². The summed E-state index contributed by atoms with van der Waals surface area (Å²) >= 11 is 0. The fourth-order valence-electron chi connectivity index (χ4n) is 1.43. The van der Waals surface area contributed by atoms with Crippen molar-refractivity contribution in [3.63, 3.8) is 0 Å². The van der Waals surface area contributed by atoms with E-state index >= 15 is 0 Å². The second kappa shape index (κ2) is 5.91. The van der Waals surface area contributed by atoms with Gasteiger partial charge in [0.1, 0.15) is 11.4 Å². The lowest BCUT2D eigenvalue weighted by molar-refractivity contribution is -0.0293. The molecule has 3 nitrogen and oxygen atoms in total. The third kappa shape index (κ3) is 4.26. The van der Waals surface area contributed by atoms with Crippen LogP contribution >= 0.6 is 0 Å². The van der Waals surface area contributed by atoms with E-state index in [9.17, 15) is 8.78 Å². The SMILES string of the molecule is COCOc1ccc(C(F)(F)CC(C)C)nc1. The van der Waals surface area contributed by atoms with Crippen molar-refractivity contribution in [1.29, 1.82) is 0 Å². The van der Waals surface area contributed by atoms with Gasteiger partial charge in [-0.2, -0.15) is 8.78 Å². The van der Waals surface area contributed by atoms with Crippen LogP contribution in [0.1, 0.15) is 26.0 Å². The molecule has 0 amide bonds. The third-order valence-electron chi connectivity index (χ3n) is 2.12. The minimum Gasteiger partial charge on any atom is -0.466 e. The van der Waals surface area contributed by atoms with Gasteiger partial charge in [-0.25, -0.2) is 0 Å². The number of aromatic nitrogens is 1. The first-order valence-corrected chi connectivity index (χ1v) is 5.42. The molecule has 0 spiro atoms. The zero-order valence-corrected chi connectivity index (χ0v) is 10.2. The van der Waals surface area contributed by atoms with E-state index in [0.717, 1.165) is 0 Å². The molecule has 1 heterocycles. The Hall–Kier alpha value is -1.23. The summed E-state index contributed by atoms with van der Waals surface area (Å²) in [5, 5.41) is 0. The topological polar surface area (TPSA) is 31.4 Å². The second-order valence-electron chi connectivity index (χ2n) is 4.23. The van der Waals surface area contributed by atoms with Gasteiger partial charge in [0.2, 0.25) is 0 Å². The summed E-state index contributed by atoms with van der Waals surface area (Å²) in [6.45, 7) is 3.58. The maximum atomic E-state index is 13.7. The van der Waals surface area contributed by atoms with Gasteiger partial charge in [-0.05, 0) is 18.1 Å². The summed E-state index contributed by atoms with van der Waals surface area (Å²) in [6, 6.07) is 2.75. The van der Waals surface area contributed by atoms with Crippen molar-refractivity contribution >= 4 is 0 Å². The molecule has 0 saturated carbocycles. The molecule has 0 bridgehead atoms. The third-order valence-corrected chi connectivity index (χ3v) is 2.12. The number of ether oxygens (including phenoxy) is 2. The van der Waals surface area contributed by atoms with Crippen LogP contribution in [0.25, 0.3) is 0 Å². The molecule has 5 heteroatoms. The molecule has 0 aromatic carbocycles. The summed E-state index contributed by atoms with van der Waals surface area (Å²) in [7, 11) is 1.48. The summed E-state index contributed by atoms with van der Waals surface area (Å²) in [5.74, 6) is -2.57. The van der Waals surface area contributed by atoms with Crippen LogP contribution in [-0.4, -0.2) is 18.9 Å². The molecule has 0 radical (unpaired) electrons. The Kier molecular flexibility index (Phi) is 4.81. The number of hydrogen-bond donors (Lipinski definition) is 0. The smallest absolute Gasteiger partial charge is 0.289 e. The zero-order valence-electron chi connectivity index (χ0n) is 10.2. The fourth-order valence-corrected chi connectivity index (χ4v) is 1.43. The zero-order chi connectivity index (χ0) is 12.9. The highest BCUT2D eigenvalue weighted by Crippen LogP contribution is 2.33. The van der Waals surface area contributed by atoms with Crippen LogP contribution in [0.4, 0.5) is 8.78 Å². The summed E-state index contributed by atoms with van der Waals surface area (Å²) in [4.78, 5) is 3.73. The number of methoxy groups -OCH3 is 1. The van der Waals surface area contributed by atoms with E-state index in [-0.39, 0.29) is 24.8 Å². The Balaban J connectivity index is 2.72. The van der Waals surface area contributed by atoms with Gasteiger partial charge < -0.3 is 9.47 Å². The van der Waals surface area contributed by atoms with Crippen molar-refractivity contribution < 1.29 is 18.3 Å². The first-order valence-electron chi connectivity index (χ1n) is 5.42. The van der Waals surface area contributed by atoms with E-state index < -0.39 is 5.92 Å². The van der Waals surface area contributed by atoms with E-state index in [1.54, 1.807) is 13.8 Å². The Morgan fingerprint density at radius 3 is 2.53 bits per heavy atom. The van der Waals surface area contributed by atoms with Crippen LogP contribution in [0.2, 0.25) is 0 Å². The minimum absolute atomic E-state index is 0.0728. The lowest BCUT2D eigenvalue weighted by Gasteiger charge is -2.17. The molecule has 0 aliphatic carbocycles. The molecule has 0 aliphatic heterocycles. The number of alkyl halides is 2. The van der Waals surface area contributed by atoms with Crippen LogP contribution in [0.5, 0.6) is 5.75 Å². The molecular formula is C12H17F2NO2. The monoisotopic (exact) mass is 245 g/mol. The molecule has 17 heavy (non-hydrogen) atoms. The quantitative estimate of drug-likeness (QED) is 0.721. The maximum Gasteiger partial charge on any atom is 0.289 e. The molecule has 0 aliphatic rings. The van der Waals surface area contributed by atoms with Gasteiger partial charge in [0.05, 0.1) is 6.20 Å². The van der Waals surface area contributed by atoms with Crippen molar-refractivity contribution in [2.75, 3.05) is 13.9 Å². The summed E-state index contributed by atoms with van der Waals surface area (Å²) in [5.41, 5.74) is -0.226. The van der Waals surface area contributed by atoms with Gasteiger partial charge in [-0.3, -0.25) is 4.98 Å². The average Bonchev–Trinajstić information content (AvgIpc) is 2.25.